The van der Waals surface area contributed by atoms with Crippen LogP contribution in [0.15, 0.2) is 0 Å². The topological polar surface area (TPSA) is 80.9 Å². The zero-order chi connectivity index (χ0) is 4.50. The predicted molar refractivity (Wildman–Crippen MR) is 14.6 cm³/mol. The van der Waals surface area contributed by atoms with Gasteiger partial charge in [0.2, 0.25) is 0 Å². The summed E-state index contributed by atoms with van der Waals surface area (Å²) in [5, 5.41) is 0. The Morgan fingerprint density at radius 3 is 0.857 bits per heavy atom. The van der Waals surface area contributed by atoms with Crippen molar-refractivity contribution in [1.82, 2.24) is 0 Å². The SMILES string of the molecule is O[Si](O)(O)O.[Co].[Cu]. The zero-order valence-electron chi connectivity index (χ0n) is 2.92. The first-order valence-corrected chi connectivity index (χ1v) is 2.68. The standard InChI is InChI=1S/Co.Cu.H4O4Si/c;;1-5(2,3)4/h;;1-4H. The molecule has 0 heterocycles. The second kappa shape index (κ2) is 5.22. The van der Waals surface area contributed by atoms with E-state index >= 15 is 0 Å². The minimum atomic E-state index is -4.61. The molecule has 7 heteroatoms. The second-order valence-electron chi connectivity index (χ2n) is 0.600. The van der Waals surface area contributed by atoms with Gasteiger partial charge in [0.05, 0.1) is 0 Å². The summed E-state index contributed by atoms with van der Waals surface area (Å²) >= 11 is 0. The Morgan fingerprint density at radius 1 is 0.857 bits per heavy atom. The molecule has 0 aliphatic rings. The van der Waals surface area contributed by atoms with Crippen molar-refractivity contribution in [2.75, 3.05) is 0 Å². The molecule has 0 aromatic heterocycles. The quantitative estimate of drug-likeness (QED) is 0.336. The van der Waals surface area contributed by atoms with Gasteiger partial charge in [-0.15, -0.1) is 0 Å². The summed E-state index contributed by atoms with van der Waals surface area (Å²) in [4.78, 5) is 29.3. The van der Waals surface area contributed by atoms with Gasteiger partial charge in [0, 0.05) is 33.8 Å². The van der Waals surface area contributed by atoms with Crippen LogP contribution in [0, 0.1) is 0 Å². The molecule has 0 amide bonds. The Labute approximate surface area is 62.3 Å². The van der Waals surface area contributed by atoms with Gasteiger partial charge in [0.25, 0.3) is 0 Å². The minimum absolute atomic E-state index is 0. The fraction of sp³-hybridized carbons (Fsp3) is 0. The third-order valence-electron chi connectivity index (χ3n) is 0. The van der Waals surface area contributed by atoms with Crippen molar-refractivity contribution in [3.05, 3.63) is 0 Å². The van der Waals surface area contributed by atoms with Crippen molar-refractivity contribution in [3.63, 3.8) is 0 Å². The second-order valence-corrected chi connectivity index (χ2v) is 1.80. The van der Waals surface area contributed by atoms with Crippen LogP contribution in [-0.2, 0) is 33.8 Å². The van der Waals surface area contributed by atoms with Gasteiger partial charge in [-0.3, -0.25) is 0 Å². The third kappa shape index (κ3) is 156. The summed E-state index contributed by atoms with van der Waals surface area (Å²) in [5.74, 6) is 0. The third-order valence-corrected chi connectivity index (χ3v) is 0. The number of hydrogen-bond donors (Lipinski definition) is 4. The molecule has 0 aromatic carbocycles. The molecule has 0 aliphatic heterocycles. The van der Waals surface area contributed by atoms with E-state index in [0.29, 0.717) is 0 Å². The maximum Gasteiger partial charge on any atom is 0.668 e. The van der Waals surface area contributed by atoms with E-state index < -0.39 is 9.05 Å². The van der Waals surface area contributed by atoms with Crippen LogP contribution in [0.2, 0.25) is 0 Å². The Balaban J connectivity index is -0.0000000800. The summed E-state index contributed by atoms with van der Waals surface area (Å²) < 4.78 is 0. The van der Waals surface area contributed by atoms with E-state index in [4.69, 9.17) is 19.2 Å². The normalized spacial score (nSPS) is 8.57. The summed E-state index contributed by atoms with van der Waals surface area (Å²) in [6, 6.07) is 0. The van der Waals surface area contributed by atoms with Gasteiger partial charge in [0.15, 0.2) is 0 Å². The van der Waals surface area contributed by atoms with E-state index in [9.17, 15) is 0 Å². The van der Waals surface area contributed by atoms with E-state index in [1.165, 1.54) is 0 Å². The first-order valence-electron chi connectivity index (χ1n) is 0.894. The van der Waals surface area contributed by atoms with Crippen LogP contribution in [0.3, 0.4) is 0 Å². The molecule has 52 valence electrons. The fourth-order valence-corrected chi connectivity index (χ4v) is 0. The van der Waals surface area contributed by atoms with Gasteiger partial charge >= 0.3 is 9.05 Å². The number of rotatable bonds is 0. The molecular formula is H4CoCuO4Si. The molecule has 0 aromatic rings. The Morgan fingerprint density at radius 2 is 0.857 bits per heavy atom. The summed E-state index contributed by atoms with van der Waals surface area (Å²) in [7, 11) is -4.61. The van der Waals surface area contributed by atoms with Gasteiger partial charge in [-0.2, -0.15) is 0 Å². The molecule has 0 aliphatic carbocycles. The molecule has 4 nitrogen and oxygen atoms in total. The Kier molecular flexibility index (Phi) is 11.7. The van der Waals surface area contributed by atoms with Gasteiger partial charge in [0.1, 0.15) is 0 Å². The largest absolute Gasteiger partial charge is 0.668 e. The van der Waals surface area contributed by atoms with Crippen molar-refractivity contribution in [2.24, 2.45) is 0 Å². The van der Waals surface area contributed by atoms with Gasteiger partial charge in [-0.05, 0) is 0 Å². The van der Waals surface area contributed by atoms with Crippen LogP contribution in [0.5, 0.6) is 0 Å². The molecule has 2 radical (unpaired) electrons. The average molecular weight is 219 g/mol. The van der Waals surface area contributed by atoms with Crippen molar-refractivity contribution in [1.29, 1.82) is 0 Å². The average Bonchev–Trinajstić information content (AvgIpc) is 0.722. The van der Waals surface area contributed by atoms with Crippen molar-refractivity contribution in [3.8, 4) is 0 Å². The Bertz CT molecular complexity index is 27.2. The summed E-state index contributed by atoms with van der Waals surface area (Å²) in [5.41, 5.74) is 0. The maximum absolute atomic E-state index is 7.33. The minimum Gasteiger partial charge on any atom is -0.368 e. The predicted octanol–water partition coefficient (Wildman–Crippen LogP) is -2.61. The van der Waals surface area contributed by atoms with Crippen LogP contribution >= 0.6 is 0 Å². The van der Waals surface area contributed by atoms with Gasteiger partial charge in [-0.25, -0.2) is 0 Å². The monoisotopic (exact) mass is 218 g/mol. The molecular weight excluding hydrogens is 215 g/mol. The van der Waals surface area contributed by atoms with Crippen molar-refractivity contribution < 1.29 is 53.0 Å². The van der Waals surface area contributed by atoms with Crippen LogP contribution in [0.25, 0.3) is 0 Å². The van der Waals surface area contributed by atoms with Gasteiger partial charge < -0.3 is 19.2 Å². The summed E-state index contributed by atoms with van der Waals surface area (Å²) in [6.45, 7) is 0. The first kappa shape index (κ1) is 15.7. The van der Waals surface area contributed by atoms with E-state index in [0.717, 1.165) is 0 Å². The van der Waals surface area contributed by atoms with Gasteiger partial charge in [-0.1, -0.05) is 0 Å². The van der Waals surface area contributed by atoms with Crippen LogP contribution in [-0.4, -0.2) is 28.2 Å². The van der Waals surface area contributed by atoms with E-state index in [1.54, 1.807) is 0 Å². The summed E-state index contributed by atoms with van der Waals surface area (Å²) in [6.07, 6.45) is 0. The molecule has 0 saturated carbocycles. The fourth-order valence-electron chi connectivity index (χ4n) is 0. The van der Waals surface area contributed by atoms with Crippen molar-refractivity contribution in [2.45, 2.75) is 0 Å². The molecule has 0 unspecified atom stereocenters. The van der Waals surface area contributed by atoms with Crippen molar-refractivity contribution >= 4 is 9.05 Å². The van der Waals surface area contributed by atoms with E-state index in [-0.39, 0.29) is 33.8 Å². The molecule has 0 fully saturated rings. The number of hydrogen-bond acceptors (Lipinski definition) is 4. The first-order chi connectivity index (χ1) is 2.00. The molecule has 0 rings (SSSR count). The van der Waals surface area contributed by atoms with Crippen LogP contribution < -0.4 is 0 Å². The smallest absolute Gasteiger partial charge is 0.368 e. The van der Waals surface area contributed by atoms with Crippen LogP contribution in [0.4, 0.5) is 0 Å². The van der Waals surface area contributed by atoms with E-state index in [2.05, 4.69) is 0 Å². The van der Waals surface area contributed by atoms with E-state index in [1.807, 2.05) is 0 Å². The maximum atomic E-state index is 7.33. The molecule has 0 saturated heterocycles. The molecule has 4 N–H and O–H groups in total. The zero-order valence-corrected chi connectivity index (χ0v) is 5.91. The molecule has 0 atom stereocenters. The van der Waals surface area contributed by atoms with Crippen LogP contribution in [0.1, 0.15) is 0 Å². The molecule has 0 bridgehead atoms. The molecule has 7 heavy (non-hydrogen) atoms. The molecule has 0 spiro atoms. The Hall–Kier alpha value is 1.08.